The largest absolute Gasteiger partial charge is 0.457 e. The molecule has 31 heavy (non-hydrogen) atoms. The van der Waals surface area contributed by atoms with Crippen molar-refractivity contribution in [2.24, 2.45) is 0 Å². The van der Waals surface area contributed by atoms with E-state index >= 15 is 0 Å². The number of nitrogens with one attached hydrogen (secondary N) is 1. The van der Waals surface area contributed by atoms with Gasteiger partial charge in [0, 0.05) is 0 Å². The van der Waals surface area contributed by atoms with Gasteiger partial charge >= 0.3 is 0 Å². The second-order valence-corrected chi connectivity index (χ2v) is 10.8. The lowest BCUT2D eigenvalue weighted by molar-refractivity contribution is -0.116. The van der Waals surface area contributed by atoms with E-state index in [9.17, 15) is 13.2 Å². The summed E-state index contributed by atoms with van der Waals surface area (Å²) >= 11 is 2.76. The first-order chi connectivity index (χ1) is 14.8. The van der Waals surface area contributed by atoms with Crippen LogP contribution in [0.2, 0.25) is 0 Å². The van der Waals surface area contributed by atoms with Crippen LogP contribution in [0, 0.1) is 0 Å². The lowest BCUT2D eigenvalue weighted by atomic mass is 10.2. The Balaban J connectivity index is 1.76. The summed E-state index contributed by atoms with van der Waals surface area (Å²) in [5.41, 5.74) is 0.352. The second-order valence-electron chi connectivity index (χ2n) is 6.44. The molecule has 11 heteroatoms. The highest BCUT2D eigenvalue weighted by Gasteiger charge is 2.29. The molecule has 1 N–H and O–H groups in total. The van der Waals surface area contributed by atoms with E-state index in [1.165, 1.54) is 30.0 Å². The molecule has 0 radical (unpaired) electrons. The summed E-state index contributed by atoms with van der Waals surface area (Å²) in [6, 6.07) is 14.8. The van der Waals surface area contributed by atoms with Crippen LogP contribution in [-0.4, -0.2) is 42.6 Å². The van der Waals surface area contributed by atoms with Gasteiger partial charge in [-0.1, -0.05) is 48.2 Å². The maximum Gasteiger partial charge on any atom is 0.249 e. The summed E-state index contributed by atoms with van der Waals surface area (Å²) in [6.45, 7) is 3.51. The van der Waals surface area contributed by atoms with Crippen molar-refractivity contribution in [3.63, 3.8) is 0 Å². The second kappa shape index (κ2) is 10.1. The molecule has 1 atom stereocenters. The van der Waals surface area contributed by atoms with E-state index in [0.29, 0.717) is 22.3 Å². The number of carbonyl (C=O) groups is 1. The number of hydrogen-bond donors (Lipinski definition) is 1. The molecule has 0 aliphatic carbocycles. The minimum atomic E-state index is -3.73. The third-order valence-corrected chi connectivity index (χ3v) is 7.16. The highest BCUT2D eigenvalue weighted by molar-refractivity contribution is 8.01. The molecule has 3 aromatic rings. The highest BCUT2D eigenvalue weighted by atomic mass is 32.2. The SMILES string of the molecule is CCSc1nnc(NC(=O)[C@H](C)N(c2ccc(Oc3ccccc3)cc2)S(C)(=O)=O)s1. The number of rotatable bonds is 9. The predicted molar refractivity (Wildman–Crippen MR) is 125 cm³/mol. The summed E-state index contributed by atoms with van der Waals surface area (Å²) in [5, 5.41) is 10.9. The van der Waals surface area contributed by atoms with Gasteiger partial charge in [-0.2, -0.15) is 0 Å². The summed E-state index contributed by atoms with van der Waals surface area (Å²) in [7, 11) is -3.73. The molecular formula is C20H22N4O4S3. The maximum absolute atomic E-state index is 12.7. The van der Waals surface area contributed by atoms with Gasteiger partial charge in [-0.25, -0.2) is 8.42 Å². The highest BCUT2D eigenvalue weighted by Crippen LogP contribution is 2.28. The van der Waals surface area contributed by atoms with Crippen molar-refractivity contribution in [1.82, 2.24) is 10.2 Å². The summed E-state index contributed by atoms with van der Waals surface area (Å²) in [4.78, 5) is 12.7. The molecule has 164 valence electrons. The van der Waals surface area contributed by atoms with Gasteiger partial charge in [-0.15, -0.1) is 10.2 Å². The standard InChI is InChI=1S/C20H22N4O4S3/c1-4-29-20-23-22-19(30-20)21-18(25)14(2)24(31(3,26)27)15-10-12-17(13-11-15)28-16-8-6-5-7-9-16/h5-14H,4H2,1-3H3,(H,21,22,25)/t14-/m0/s1. The monoisotopic (exact) mass is 478 g/mol. The van der Waals surface area contributed by atoms with Gasteiger partial charge in [0.1, 0.15) is 17.5 Å². The molecule has 0 unspecified atom stereocenters. The summed E-state index contributed by atoms with van der Waals surface area (Å²) < 4.78 is 32.5. The van der Waals surface area contributed by atoms with Crippen LogP contribution in [0.5, 0.6) is 11.5 Å². The van der Waals surface area contributed by atoms with Gasteiger partial charge in [-0.3, -0.25) is 14.4 Å². The first kappa shape index (κ1) is 23.0. The van der Waals surface area contributed by atoms with E-state index in [1.54, 1.807) is 24.3 Å². The van der Waals surface area contributed by atoms with Crippen molar-refractivity contribution in [2.45, 2.75) is 24.2 Å². The number of hydrogen-bond acceptors (Lipinski definition) is 8. The average Bonchev–Trinajstić information content (AvgIpc) is 3.16. The number of aromatic nitrogens is 2. The Bertz CT molecular complexity index is 1120. The van der Waals surface area contributed by atoms with Crippen LogP contribution in [-0.2, 0) is 14.8 Å². The number of carbonyl (C=O) groups excluding carboxylic acids is 1. The quantitative estimate of drug-likeness (QED) is 0.363. The van der Waals surface area contributed by atoms with Gasteiger partial charge in [0.25, 0.3) is 0 Å². The number of nitrogens with zero attached hydrogens (tertiary/aromatic N) is 3. The molecule has 0 aliphatic heterocycles. The minimum absolute atomic E-state index is 0.327. The number of benzene rings is 2. The van der Waals surface area contributed by atoms with Gasteiger partial charge in [0.2, 0.25) is 21.1 Å². The molecule has 0 saturated carbocycles. The number of thioether (sulfide) groups is 1. The Hall–Kier alpha value is -2.63. The van der Waals surface area contributed by atoms with Crippen LogP contribution >= 0.6 is 23.1 Å². The molecule has 1 heterocycles. The zero-order valence-electron chi connectivity index (χ0n) is 17.2. The molecule has 0 spiro atoms. The molecule has 1 aromatic heterocycles. The number of para-hydroxylation sites is 1. The molecule has 0 saturated heterocycles. The van der Waals surface area contributed by atoms with Crippen LogP contribution in [0.4, 0.5) is 10.8 Å². The Labute approximate surface area is 189 Å². The molecule has 3 rings (SSSR count). The third-order valence-electron chi connectivity index (χ3n) is 4.06. The van der Waals surface area contributed by atoms with Crippen LogP contribution in [0.3, 0.4) is 0 Å². The summed E-state index contributed by atoms with van der Waals surface area (Å²) in [5.74, 6) is 1.56. The maximum atomic E-state index is 12.7. The van der Waals surface area contributed by atoms with E-state index in [0.717, 1.165) is 20.7 Å². The molecule has 0 fully saturated rings. The molecule has 0 bridgehead atoms. The van der Waals surface area contributed by atoms with Crippen LogP contribution < -0.4 is 14.4 Å². The van der Waals surface area contributed by atoms with Crippen molar-refractivity contribution in [3.8, 4) is 11.5 Å². The smallest absolute Gasteiger partial charge is 0.249 e. The van der Waals surface area contributed by atoms with Crippen LogP contribution in [0.1, 0.15) is 13.8 Å². The van der Waals surface area contributed by atoms with E-state index in [4.69, 9.17) is 4.74 Å². The fourth-order valence-corrected chi connectivity index (χ4v) is 5.57. The average molecular weight is 479 g/mol. The normalized spacial score (nSPS) is 12.2. The Kier molecular flexibility index (Phi) is 7.52. The lowest BCUT2D eigenvalue weighted by Gasteiger charge is -2.28. The first-order valence-electron chi connectivity index (χ1n) is 9.37. The van der Waals surface area contributed by atoms with Crippen molar-refractivity contribution in [2.75, 3.05) is 21.6 Å². The number of amides is 1. The Morgan fingerprint density at radius 3 is 2.39 bits per heavy atom. The molecule has 1 amide bonds. The predicted octanol–water partition coefficient (Wildman–Crippen LogP) is 4.24. The van der Waals surface area contributed by atoms with Crippen LogP contribution in [0.15, 0.2) is 58.9 Å². The molecule has 0 aliphatic rings. The van der Waals surface area contributed by atoms with E-state index in [-0.39, 0.29) is 0 Å². The topological polar surface area (TPSA) is 101 Å². The summed E-state index contributed by atoms with van der Waals surface area (Å²) in [6.07, 6.45) is 1.06. The molecule has 2 aromatic carbocycles. The lowest BCUT2D eigenvalue weighted by Crippen LogP contribution is -2.45. The minimum Gasteiger partial charge on any atom is -0.457 e. The van der Waals surface area contributed by atoms with Gasteiger partial charge in [0.05, 0.1) is 11.9 Å². The molecular weight excluding hydrogens is 456 g/mol. The third kappa shape index (κ3) is 6.18. The zero-order valence-corrected chi connectivity index (χ0v) is 19.6. The van der Waals surface area contributed by atoms with Gasteiger partial charge in [0.15, 0.2) is 4.34 Å². The molecule has 8 nitrogen and oxygen atoms in total. The number of sulfonamides is 1. The van der Waals surface area contributed by atoms with Gasteiger partial charge < -0.3 is 4.74 Å². The van der Waals surface area contributed by atoms with Crippen LogP contribution in [0.25, 0.3) is 0 Å². The number of ether oxygens (including phenoxy) is 1. The van der Waals surface area contributed by atoms with E-state index in [1.807, 2.05) is 37.3 Å². The zero-order chi connectivity index (χ0) is 22.4. The number of anilines is 2. The first-order valence-corrected chi connectivity index (χ1v) is 13.0. The van der Waals surface area contributed by atoms with E-state index < -0.39 is 22.0 Å². The van der Waals surface area contributed by atoms with Crippen molar-refractivity contribution in [3.05, 3.63) is 54.6 Å². The van der Waals surface area contributed by atoms with Crippen molar-refractivity contribution < 1.29 is 17.9 Å². The van der Waals surface area contributed by atoms with E-state index in [2.05, 4.69) is 15.5 Å². The van der Waals surface area contributed by atoms with Crippen molar-refractivity contribution >= 4 is 49.8 Å². The van der Waals surface area contributed by atoms with Gasteiger partial charge in [-0.05, 0) is 49.1 Å². The Morgan fingerprint density at radius 2 is 1.77 bits per heavy atom. The van der Waals surface area contributed by atoms with Crippen molar-refractivity contribution in [1.29, 1.82) is 0 Å². The fourth-order valence-electron chi connectivity index (χ4n) is 2.75. The Morgan fingerprint density at radius 1 is 1.13 bits per heavy atom. The fraction of sp³-hybridized carbons (Fsp3) is 0.250.